The zero-order chi connectivity index (χ0) is 20.9. The van der Waals surface area contributed by atoms with Gasteiger partial charge in [0.2, 0.25) is 5.95 Å². The zero-order valence-corrected chi connectivity index (χ0v) is 18.5. The molecule has 1 aliphatic rings. The van der Waals surface area contributed by atoms with Gasteiger partial charge < -0.3 is 5.32 Å². The summed E-state index contributed by atoms with van der Waals surface area (Å²) in [6, 6.07) is 9.95. The van der Waals surface area contributed by atoms with E-state index in [-0.39, 0.29) is 0 Å². The van der Waals surface area contributed by atoms with E-state index < -0.39 is 5.92 Å². The number of aryl methyl sites for hydroxylation is 1. The quantitative estimate of drug-likeness (QED) is 0.496. The molecule has 0 bridgehead atoms. The Labute approximate surface area is 186 Å². The van der Waals surface area contributed by atoms with Crippen LogP contribution in [-0.4, -0.2) is 21.5 Å². The number of nitriles is 1. The summed E-state index contributed by atoms with van der Waals surface area (Å²) in [5.74, 6) is 0.755. The van der Waals surface area contributed by atoms with Crippen molar-refractivity contribution in [2.45, 2.75) is 44.9 Å². The molecule has 1 fully saturated rings. The molecular weight excluding hydrogens is 414 g/mol. The van der Waals surface area contributed by atoms with E-state index in [1.54, 1.807) is 6.20 Å². The van der Waals surface area contributed by atoms with Gasteiger partial charge in [0, 0.05) is 28.7 Å². The van der Waals surface area contributed by atoms with Crippen molar-refractivity contribution in [2.75, 3.05) is 11.9 Å². The summed E-state index contributed by atoms with van der Waals surface area (Å²) in [4.78, 5) is 13.9. The van der Waals surface area contributed by atoms with Gasteiger partial charge in [-0.25, -0.2) is 15.0 Å². The molecule has 1 atom stereocenters. The van der Waals surface area contributed by atoms with Crippen LogP contribution in [0.25, 0.3) is 11.3 Å². The monoisotopic (exact) mass is 437 g/mol. The molecule has 0 spiro atoms. The summed E-state index contributed by atoms with van der Waals surface area (Å²) in [7, 11) is 0. The van der Waals surface area contributed by atoms with Crippen LogP contribution in [0.3, 0.4) is 0 Å². The van der Waals surface area contributed by atoms with Crippen molar-refractivity contribution in [3.8, 4) is 17.3 Å². The lowest BCUT2D eigenvalue weighted by atomic mass is 9.89. The fraction of sp³-hybridized carbons (Fsp3) is 0.391. The molecule has 1 saturated carbocycles. The van der Waals surface area contributed by atoms with E-state index in [2.05, 4.69) is 16.4 Å². The van der Waals surface area contributed by atoms with Crippen LogP contribution < -0.4 is 5.32 Å². The van der Waals surface area contributed by atoms with Crippen LogP contribution in [-0.2, 0) is 0 Å². The molecule has 1 aromatic carbocycles. The molecule has 0 radical (unpaired) electrons. The van der Waals surface area contributed by atoms with Gasteiger partial charge in [-0.1, -0.05) is 43.0 Å². The number of nitrogens with zero attached hydrogens (tertiary/aromatic N) is 4. The molecule has 4 rings (SSSR count). The van der Waals surface area contributed by atoms with Crippen molar-refractivity contribution in [3.63, 3.8) is 0 Å². The van der Waals surface area contributed by atoms with Crippen molar-refractivity contribution < 1.29 is 0 Å². The summed E-state index contributed by atoms with van der Waals surface area (Å²) in [6.07, 6.45) is 8.28. The molecule has 7 heteroatoms. The van der Waals surface area contributed by atoms with Crippen molar-refractivity contribution in [1.29, 1.82) is 5.26 Å². The Morgan fingerprint density at radius 3 is 2.70 bits per heavy atom. The van der Waals surface area contributed by atoms with Crippen molar-refractivity contribution in [1.82, 2.24) is 15.0 Å². The number of benzene rings is 1. The Morgan fingerprint density at radius 2 is 1.97 bits per heavy atom. The Hall–Kier alpha value is -2.49. The predicted octanol–water partition coefficient (Wildman–Crippen LogP) is 6.21. The normalized spacial score (nSPS) is 15.5. The second-order valence-corrected chi connectivity index (χ2v) is 9.11. The maximum Gasteiger partial charge on any atom is 0.222 e. The lowest BCUT2D eigenvalue weighted by molar-refractivity contribution is 0.373. The molecule has 30 heavy (non-hydrogen) atoms. The fourth-order valence-corrected chi connectivity index (χ4v) is 4.86. The average Bonchev–Trinajstić information content (AvgIpc) is 3.25. The summed E-state index contributed by atoms with van der Waals surface area (Å²) in [6.45, 7) is 2.83. The van der Waals surface area contributed by atoms with Crippen LogP contribution in [0.4, 0.5) is 5.95 Å². The van der Waals surface area contributed by atoms with Gasteiger partial charge in [0.25, 0.3) is 0 Å². The third-order valence-electron chi connectivity index (χ3n) is 5.60. The zero-order valence-electron chi connectivity index (χ0n) is 16.9. The highest BCUT2D eigenvalue weighted by atomic mass is 35.5. The minimum absolute atomic E-state index is 0.519. The first-order valence-corrected chi connectivity index (χ1v) is 11.6. The summed E-state index contributed by atoms with van der Waals surface area (Å²) in [5.41, 5.74) is 3.44. The molecule has 1 N–H and O–H groups in total. The number of hydrogen-bond donors (Lipinski definition) is 1. The Morgan fingerprint density at radius 1 is 1.20 bits per heavy atom. The number of nitrogens with one attached hydrogen (secondary N) is 1. The van der Waals surface area contributed by atoms with Crippen LogP contribution in [0, 0.1) is 24.2 Å². The van der Waals surface area contributed by atoms with Crippen LogP contribution in [0.2, 0.25) is 5.02 Å². The number of rotatable bonds is 6. The first kappa shape index (κ1) is 20.8. The van der Waals surface area contributed by atoms with Crippen molar-refractivity contribution >= 4 is 28.9 Å². The Bertz CT molecular complexity index is 1030. The van der Waals surface area contributed by atoms with E-state index >= 15 is 0 Å². The molecule has 2 heterocycles. The molecule has 1 unspecified atom stereocenters. The predicted molar refractivity (Wildman–Crippen MR) is 122 cm³/mol. The van der Waals surface area contributed by atoms with E-state index in [1.807, 2.05) is 36.6 Å². The fourth-order valence-electron chi connectivity index (χ4n) is 3.87. The smallest absolute Gasteiger partial charge is 0.222 e. The van der Waals surface area contributed by atoms with Crippen LogP contribution >= 0.6 is 22.9 Å². The molecule has 3 aromatic rings. The van der Waals surface area contributed by atoms with E-state index in [1.165, 1.54) is 43.4 Å². The minimum atomic E-state index is -0.519. The standard InChI is InChI=1S/C23H24ClN5S/c1-15-12-26-23(27-13-16-5-3-2-4-6-16)29-21(15)19(11-25)22-28-20(14-30-22)17-7-9-18(24)10-8-17/h7-10,12,14,16,19H,2-6,13H2,1H3,(H,26,27,29). The van der Waals surface area contributed by atoms with Crippen LogP contribution in [0.15, 0.2) is 35.8 Å². The highest BCUT2D eigenvalue weighted by Crippen LogP contribution is 2.32. The number of aromatic nitrogens is 3. The van der Waals surface area contributed by atoms with Gasteiger partial charge in [0.1, 0.15) is 10.9 Å². The SMILES string of the molecule is Cc1cnc(NCC2CCCCC2)nc1C(C#N)c1nc(-c2ccc(Cl)cc2)cs1. The van der Waals surface area contributed by atoms with E-state index in [0.717, 1.165) is 34.1 Å². The molecule has 1 aliphatic carbocycles. The number of halogens is 1. The number of hydrogen-bond acceptors (Lipinski definition) is 6. The van der Waals surface area contributed by atoms with E-state index in [9.17, 15) is 5.26 Å². The minimum Gasteiger partial charge on any atom is -0.354 e. The third-order valence-corrected chi connectivity index (χ3v) is 6.76. The topological polar surface area (TPSA) is 74.5 Å². The van der Waals surface area contributed by atoms with E-state index in [4.69, 9.17) is 21.6 Å². The lowest BCUT2D eigenvalue weighted by Crippen LogP contribution is -2.19. The maximum absolute atomic E-state index is 9.92. The number of thiazole rings is 1. The molecule has 0 saturated heterocycles. The van der Waals surface area contributed by atoms with Crippen LogP contribution in [0.5, 0.6) is 0 Å². The Balaban J connectivity index is 1.54. The lowest BCUT2D eigenvalue weighted by Gasteiger charge is -2.22. The van der Waals surface area contributed by atoms with Gasteiger partial charge in [0.05, 0.1) is 17.5 Å². The highest BCUT2D eigenvalue weighted by molar-refractivity contribution is 7.10. The molecule has 2 aromatic heterocycles. The molecule has 154 valence electrons. The summed E-state index contributed by atoms with van der Waals surface area (Å²) >= 11 is 7.46. The van der Waals surface area contributed by atoms with Gasteiger partial charge in [-0.15, -0.1) is 11.3 Å². The molecular formula is C23H24ClN5S. The van der Waals surface area contributed by atoms with Gasteiger partial charge in [-0.3, -0.25) is 0 Å². The van der Waals surface area contributed by atoms with Crippen molar-refractivity contribution in [3.05, 3.63) is 57.1 Å². The van der Waals surface area contributed by atoms with Gasteiger partial charge in [-0.05, 0) is 43.4 Å². The molecule has 5 nitrogen and oxygen atoms in total. The largest absolute Gasteiger partial charge is 0.354 e. The Kier molecular flexibility index (Phi) is 6.61. The summed E-state index contributed by atoms with van der Waals surface area (Å²) < 4.78 is 0. The second-order valence-electron chi connectivity index (χ2n) is 7.79. The molecule has 0 aliphatic heterocycles. The van der Waals surface area contributed by atoms with Crippen molar-refractivity contribution in [2.24, 2.45) is 5.92 Å². The first-order chi connectivity index (χ1) is 14.6. The summed E-state index contributed by atoms with van der Waals surface area (Å²) in [5, 5.41) is 16.7. The maximum atomic E-state index is 9.92. The van der Waals surface area contributed by atoms with Crippen LogP contribution in [0.1, 0.15) is 54.3 Å². The van der Waals surface area contributed by atoms with Gasteiger partial charge in [0.15, 0.2) is 0 Å². The highest BCUT2D eigenvalue weighted by Gasteiger charge is 2.23. The van der Waals surface area contributed by atoms with Gasteiger partial charge >= 0.3 is 0 Å². The second kappa shape index (κ2) is 9.55. The first-order valence-electron chi connectivity index (χ1n) is 10.3. The van der Waals surface area contributed by atoms with E-state index in [0.29, 0.717) is 16.9 Å². The van der Waals surface area contributed by atoms with Gasteiger partial charge in [-0.2, -0.15) is 5.26 Å². The number of anilines is 1. The average molecular weight is 438 g/mol. The third kappa shape index (κ3) is 4.80. The molecule has 0 amide bonds.